The molecule has 1 aliphatic rings. The topological polar surface area (TPSA) is 92.5 Å². The summed E-state index contributed by atoms with van der Waals surface area (Å²) in [4.78, 5) is 37.2. The van der Waals surface area contributed by atoms with Gasteiger partial charge in [0.1, 0.15) is 6.04 Å². The average Bonchev–Trinajstić information content (AvgIpc) is 2.99. The first-order valence-electron chi connectivity index (χ1n) is 5.93. The summed E-state index contributed by atoms with van der Waals surface area (Å²) in [5, 5.41) is 2.56. The molecule has 2 rings (SSSR count). The second kappa shape index (κ2) is 5.86. The number of amides is 3. The summed E-state index contributed by atoms with van der Waals surface area (Å²) in [6, 6.07) is 2.57. The molecule has 1 aromatic rings. The highest BCUT2D eigenvalue weighted by atomic mass is 32.1. The van der Waals surface area contributed by atoms with Crippen molar-refractivity contribution in [3.63, 3.8) is 0 Å². The van der Waals surface area contributed by atoms with Crippen LogP contribution in [0.1, 0.15) is 21.0 Å². The quantitative estimate of drug-likeness (QED) is 0.570. The zero-order valence-corrected chi connectivity index (χ0v) is 11.6. The minimum absolute atomic E-state index is 0.00623. The second-order valence-corrected chi connectivity index (χ2v) is 5.27. The molecule has 7 heteroatoms. The van der Waals surface area contributed by atoms with Gasteiger partial charge < -0.3 is 11.1 Å². The van der Waals surface area contributed by atoms with Crippen LogP contribution in [0.4, 0.5) is 0 Å². The SMILES string of the molecule is CN1C(=O)CC(NC(=O)c2ccc(C#CCN)s2)C1=O. The van der Waals surface area contributed by atoms with Gasteiger partial charge >= 0.3 is 0 Å². The summed E-state index contributed by atoms with van der Waals surface area (Å²) >= 11 is 1.22. The molecule has 104 valence electrons. The summed E-state index contributed by atoms with van der Waals surface area (Å²) in [7, 11) is 1.41. The molecular formula is C13H13N3O3S. The molecule has 1 fully saturated rings. The van der Waals surface area contributed by atoms with Crippen LogP contribution < -0.4 is 11.1 Å². The molecule has 0 saturated carbocycles. The fraction of sp³-hybridized carbons (Fsp3) is 0.308. The molecule has 1 saturated heterocycles. The highest BCUT2D eigenvalue weighted by molar-refractivity contribution is 7.14. The van der Waals surface area contributed by atoms with Gasteiger partial charge in [-0.1, -0.05) is 11.8 Å². The van der Waals surface area contributed by atoms with Crippen molar-refractivity contribution in [2.24, 2.45) is 5.73 Å². The fourth-order valence-electron chi connectivity index (χ4n) is 1.76. The van der Waals surface area contributed by atoms with E-state index < -0.39 is 6.04 Å². The molecule has 0 bridgehead atoms. The van der Waals surface area contributed by atoms with E-state index in [0.717, 1.165) is 9.78 Å². The van der Waals surface area contributed by atoms with Gasteiger partial charge in [-0.05, 0) is 12.1 Å². The Morgan fingerprint density at radius 1 is 1.55 bits per heavy atom. The number of thiophene rings is 1. The highest BCUT2D eigenvalue weighted by Gasteiger charge is 2.37. The van der Waals surface area contributed by atoms with E-state index in [4.69, 9.17) is 5.73 Å². The maximum Gasteiger partial charge on any atom is 0.262 e. The number of nitrogens with one attached hydrogen (secondary N) is 1. The van der Waals surface area contributed by atoms with Crippen LogP contribution in [0.2, 0.25) is 0 Å². The van der Waals surface area contributed by atoms with Crippen molar-refractivity contribution in [1.82, 2.24) is 10.2 Å². The highest BCUT2D eigenvalue weighted by Crippen LogP contribution is 2.17. The normalized spacial score (nSPS) is 17.9. The smallest absolute Gasteiger partial charge is 0.262 e. The van der Waals surface area contributed by atoms with E-state index in [2.05, 4.69) is 17.2 Å². The van der Waals surface area contributed by atoms with Gasteiger partial charge in [0.05, 0.1) is 22.7 Å². The van der Waals surface area contributed by atoms with E-state index in [1.54, 1.807) is 12.1 Å². The van der Waals surface area contributed by atoms with Crippen LogP contribution in [-0.2, 0) is 9.59 Å². The zero-order valence-electron chi connectivity index (χ0n) is 10.8. The third-order valence-corrected chi connectivity index (χ3v) is 3.83. The molecule has 0 radical (unpaired) electrons. The van der Waals surface area contributed by atoms with Crippen molar-refractivity contribution >= 4 is 29.1 Å². The average molecular weight is 291 g/mol. The Balaban J connectivity index is 2.04. The maximum absolute atomic E-state index is 12.0. The first-order chi connectivity index (χ1) is 9.52. The molecule has 1 unspecified atom stereocenters. The van der Waals surface area contributed by atoms with E-state index in [-0.39, 0.29) is 30.7 Å². The van der Waals surface area contributed by atoms with Crippen LogP contribution in [-0.4, -0.2) is 42.3 Å². The maximum atomic E-state index is 12.0. The lowest BCUT2D eigenvalue weighted by Gasteiger charge is -2.09. The molecule has 0 aromatic carbocycles. The molecule has 3 amide bonds. The van der Waals surface area contributed by atoms with Gasteiger partial charge in [0.15, 0.2) is 0 Å². The Kier molecular flexibility index (Phi) is 4.17. The largest absolute Gasteiger partial charge is 0.339 e. The van der Waals surface area contributed by atoms with Gasteiger partial charge in [-0.25, -0.2) is 0 Å². The van der Waals surface area contributed by atoms with E-state index in [9.17, 15) is 14.4 Å². The van der Waals surface area contributed by atoms with Crippen molar-refractivity contribution in [2.45, 2.75) is 12.5 Å². The van der Waals surface area contributed by atoms with Gasteiger partial charge in [0.2, 0.25) is 5.91 Å². The molecule has 20 heavy (non-hydrogen) atoms. The lowest BCUT2D eigenvalue weighted by Crippen LogP contribution is -2.40. The molecule has 2 heterocycles. The Morgan fingerprint density at radius 3 is 2.90 bits per heavy atom. The Labute approximate surface area is 119 Å². The Bertz CT molecular complexity index is 626. The molecular weight excluding hydrogens is 278 g/mol. The molecule has 6 nitrogen and oxygen atoms in total. The van der Waals surface area contributed by atoms with Crippen LogP contribution in [0.25, 0.3) is 0 Å². The van der Waals surface area contributed by atoms with Gasteiger partial charge in [-0.2, -0.15) is 0 Å². The van der Waals surface area contributed by atoms with Crippen molar-refractivity contribution in [3.8, 4) is 11.8 Å². The van der Waals surface area contributed by atoms with Crippen molar-refractivity contribution < 1.29 is 14.4 Å². The van der Waals surface area contributed by atoms with E-state index in [1.165, 1.54) is 18.4 Å². The number of imide groups is 1. The summed E-state index contributed by atoms with van der Waals surface area (Å²) in [6.45, 7) is 0.254. The van der Waals surface area contributed by atoms with Gasteiger partial charge in [-0.15, -0.1) is 11.3 Å². The van der Waals surface area contributed by atoms with Gasteiger partial charge in [0, 0.05) is 7.05 Å². The lowest BCUT2D eigenvalue weighted by molar-refractivity contribution is -0.137. The number of likely N-dealkylation sites (N-methyl/N-ethyl adjacent to an activating group) is 1. The van der Waals surface area contributed by atoms with Crippen LogP contribution in [0, 0.1) is 11.8 Å². The number of hydrogen-bond acceptors (Lipinski definition) is 5. The van der Waals surface area contributed by atoms with E-state index in [0.29, 0.717) is 4.88 Å². The second-order valence-electron chi connectivity index (χ2n) is 4.19. The third-order valence-electron chi connectivity index (χ3n) is 2.83. The molecule has 1 atom stereocenters. The minimum atomic E-state index is -0.777. The molecule has 1 aromatic heterocycles. The Morgan fingerprint density at radius 2 is 2.30 bits per heavy atom. The number of nitrogens with zero attached hydrogens (tertiary/aromatic N) is 1. The number of likely N-dealkylation sites (tertiary alicyclic amines) is 1. The van der Waals surface area contributed by atoms with Crippen molar-refractivity contribution in [2.75, 3.05) is 13.6 Å². The third kappa shape index (κ3) is 2.87. The minimum Gasteiger partial charge on any atom is -0.339 e. The number of carbonyl (C=O) groups excluding carboxylic acids is 3. The van der Waals surface area contributed by atoms with Crippen molar-refractivity contribution in [3.05, 3.63) is 21.9 Å². The molecule has 3 N–H and O–H groups in total. The first-order valence-corrected chi connectivity index (χ1v) is 6.74. The van der Waals surface area contributed by atoms with Gasteiger partial charge in [0.25, 0.3) is 11.8 Å². The number of rotatable bonds is 2. The zero-order chi connectivity index (χ0) is 14.7. The summed E-state index contributed by atoms with van der Waals surface area (Å²) in [6.07, 6.45) is 0.00623. The van der Waals surface area contributed by atoms with Crippen LogP contribution >= 0.6 is 11.3 Å². The number of hydrogen-bond donors (Lipinski definition) is 2. The van der Waals surface area contributed by atoms with Crippen molar-refractivity contribution in [1.29, 1.82) is 0 Å². The monoisotopic (exact) mass is 291 g/mol. The van der Waals surface area contributed by atoms with Crippen LogP contribution in [0.5, 0.6) is 0 Å². The Hall–Kier alpha value is -2.17. The summed E-state index contributed by atoms with van der Waals surface area (Å²) in [5.74, 6) is 4.48. The summed E-state index contributed by atoms with van der Waals surface area (Å²) in [5.41, 5.74) is 5.27. The predicted octanol–water partition coefficient (Wildman–Crippen LogP) is -0.455. The number of nitrogens with two attached hydrogens (primary N) is 1. The molecule has 0 aliphatic carbocycles. The molecule has 1 aliphatic heterocycles. The van der Waals surface area contributed by atoms with E-state index in [1.807, 2.05) is 0 Å². The first kappa shape index (κ1) is 14.2. The molecule has 0 spiro atoms. The number of carbonyl (C=O) groups is 3. The van der Waals surface area contributed by atoms with E-state index >= 15 is 0 Å². The fourth-order valence-corrected chi connectivity index (χ4v) is 2.55. The standard InChI is InChI=1S/C13H13N3O3S/c1-16-11(17)7-9(13(16)19)15-12(18)10-5-4-8(20-10)3-2-6-14/h4-5,9H,6-7,14H2,1H3,(H,15,18). The van der Waals surface area contributed by atoms with Crippen LogP contribution in [0.15, 0.2) is 12.1 Å². The summed E-state index contributed by atoms with van der Waals surface area (Å²) < 4.78 is 0. The lowest BCUT2D eigenvalue weighted by atomic mass is 10.2. The van der Waals surface area contributed by atoms with Crippen LogP contribution in [0.3, 0.4) is 0 Å². The van der Waals surface area contributed by atoms with Gasteiger partial charge in [-0.3, -0.25) is 19.3 Å². The predicted molar refractivity (Wildman–Crippen MR) is 73.9 cm³/mol.